The van der Waals surface area contributed by atoms with Crippen LogP contribution >= 0.6 is 0 Å². The summed E-state index contributed by atoms with van der Waals surface area (Å²) in [4.78, 5) is 0.211. The van der Waals surface area contributed by atoms with Gasteiger partial charge in [0.1, 0.15) is 0 Å². The lowest BCUT2D eigenvalue weighted by Crippen LogP contribution is -2.45. The number of hydrogen-bond acceptors (Lipinski definition) is 2. The maximum absolute atomic E-state index is 12.7. The highest BCUT2D eigenvalue weighted by atomic mass is 32.2. The van der Waals surface area contributed by atoms with Crippen molar-refractivity contribution >= 4 is 10.8 Å². The Bertz CT molecular complexity index is 542. The fourth-order valence-electron chi connectivity index (χ4n) is 2.75. The molecule has 1 aliphatic rings. The second-order valence-corrected chi connectivity index (χ2v) is 8.10. The van der Waals surface area contributed by atoms with Gasteiger partial charge in [-0.15, -0.1) is 0 Å². The van der Waals surface area contributed by atoms with Gasteiger partial charge >= 0.3 is 6.18 Å². The minimum atomic E-state index is -4.42. The molecule has 3 unspecified atom stereocenters. The summed E-state index contributed by atoms with van der Waals surface area (Å²) in [5.41, 5.74) is 5.31. The molecular weight excluding hydrogens is 299 g/mol. The summed E-state index contributed by atoms with van der Waals surface area (Å²) in [7, 11) is -1.52. The summed E-state index contributed by atoms with van der Waals surface area (Å²) in [6, 6.07) is 4.53. The van der Waals surface area contributed by atoms with Crippen molar-refractivity contribution in [3.05, 3.63) is 29.8 Å². The van der Waals surface area contributed by atoms with Crippen molar-refractivity contribution in [3.63, 3.8) is 0 Å². The predicted octanol–water partition coefficient (Wildman–Crippen LogP) is 3.72. The van der Waals surface area contributed by atoms with Crippen LogP contribution in [0.1, 0.15) is 38.7 Å². The summed E-state index contributed by atoms with van der Waals surface area (Å²) < 4.78 is 50.9. The molecule has 0 amide bonds. The second-order valence-electron chi connectivity index (χ2n) is 6.43. The van der Waals surface area contributed by atoms with Gasteiger partial charge in [-0.25, -0.2) is 0 Å². The largest absolute Gasteiger partial charge is 0.416 e. The van der Waals surface area contributed by atoms with Gasteiger partial charge in [0.15, 0.2) is 0 Å². The lowest BCUT2D eigenvalue weighted by Gasteiger charge is -2.38. The molecule has 0 radical (unpaired) electrons. The molecule has 0 bridgehead atoms. The Labute approximate surface area is 125 Å². The molecule has 2 rings (SSSR count). The number of rotatable bonds is 2. The summed E-state index contributed by atoms with van der Waals surface area (Å²) >= 11 is 0. The molecule has 0 saturated heterocycles. The number of hydrogen-bond donors (Lipinski definition) is 1. The molecule has 0 heterocycles. The predicted molar refractivity (Wildman–Crippen MR) is 77.2 cm³/mol. The third-order valence-corrected chi connectivity index (χ3v) is 5.84. The summed E-state index contributed by atoms with van der Waals surface area (Å²) in [6.07, 6.45) is -2.06. The van der Waals surface area contributed by atoms with Gasteiger partial charge in [-0.2, -0.15) is 13.2 Å². The van der Waals surface area contributed by atoms with Gasteiger partial charge in [0.25, 0.3) is 0 Å². The van der Waals surface area contributed by atoms with Crippen molar-refractivity contribution < 1.29 is 17.4 Å². The normalized spacial score (nSPS) is 27.3. The van der Waals surface area contributed by atoms with Crippen LogP contribution in [0.2, 0.25) is 0 Å². The van der Waals surface area contributed by atoms with Crippen molar-refractivity contribution in [1.29, 1.82) is 0 Å². The molecule has 1 fully saturated rings. The number of benzene rings is 1. The van der Waals surface area contributed by atoms with Crippen LogP contribution in [0.15, 0.2) is 29.2 Å². The Morgan fingerprint density at radius 1 is 1.33 bits per heavy atom. The van der Waals surface area contributed by atoms with Gasteiger partial charge in [0.2, 0.25) is 0 Å². The van der Waals surface area contributed by atoms with Gasteiger partial charge < -0.3 is 5.73 Å². The van der Waals surface area contributed by atoms with Crippen molar-refractivity contribution in [2.24, 2.45) is 11.1 Å². The van der Waals surface area contributed by atoms with E-state index in [1.807, 2.05) is 0 Å². The molecule has 1 aliphatic carbocycles. The molecule has 21 heavy (non-hydrogen) atoms. The zero-order valence-corrected chi connectivity index (χ0v) is 12.9. The minimum absolute atomic E-state index is 0.0256. The smallest absolute Gasteiger partial charge is 0.327 e. The zero-order valence-electron chi connectivity index (χ0n) is 12.1. The third-order valence-electron chi connectivity index (χ3n) is 4.05. The topological polar surface area (TPSA) is 43.1 Å². The van der Waals surface area contributed by atoms with E-state index in [1.165, 1.54) is 12.1 Å². The molecule has 0 spiro atoms. The number of alkyl halides is 3. The summed E-state index contributed by atoms with van der Waals surface area (Å²) in [6.45, 7) is 4.16. The highest BCUT2D eigenvalue weighted by molar-refractivity contribution is 7.85. The molecule has 1 aromatic carbocycles. The average Bonchev–Trinajstić information content (AvgIpc) is 2.40. The van der Waals surface area contributed by atoms with Crippen LogP contribution in [0.4, 0.5) is 13.2 Å². The zero-order chi connectivity index (χ0) is 15.8. The van der Waals surface area contributed by atoms with Crippen LogP contribution in [0, 0.1) is 5.41 Å². The van der Waals surface area contributed by atoms with E-state index in [4.69, 9.17) is 5.73 Å². The summed E-state index contributed by atoms with van der Waals surface area (Å²) in [5, 5.41) is -0.294. The lowest BCUT2D eigenvalue weighted by atomic mass is 9.75. The first-order valence-corrected chi connectivity index (χ1v) is 8.15. The Morgan fingerprint density at radius 3 is 2.62 bits per heavy atom. The van der Waals surface area contributed by atoms with E-state index in [0.717, 1.165) is 25.0 Å². The van der Waals surface area contributed by atoms with Crippen LogP contribution < -0.4 is 5.73 Å². The first-order valence-electron chi connectivity index (χ1n) is 6.94. The van der Waals surface area contributed by atoms with Crippen LogP contribution in [-0.4, -0.2) is 15.5 Å². The van der Waals surface area contributed by atoms with E-state index < -0.39 is 22.5 Å². The van der Waals surface area contributed by atoms with Gasteiger partial charge in [-0.1, -0.05) is 19.9 Å². The molecule has 2 N–H and O–H groups in total. The highest BCUT2D eigenvalue weighted by Crippen LogP contribution is 2.38. The number of nitrogens with two attached hydrogens (primary N) is 1. The van der Waals surface area contributed by atoms with E-state index in [9.17, 15) is 17.4 Å². The molecule has 118 valence electrons. The fourth-order valence-corrected chi connectivity index (χ4v) is 4.61. The Morgan fingerprint density at radius 2 is 2.00 bits per heavy atom. The van der Waals surface area contributed by atoms with Crippen LogP contribution in [0.5, 0.6) is 0 Å². The molecule has 1 aromatic rings. The van der Waals surface area contributed by atoms with E-state index in [0.29, 0.717) is 6.42 Å². The molecule has 2 nitrogen and oxygen atoms in total. The van der Waals surface area contributed by atoms with Crippen molar-refractivity contribution in [1.82, 2.24) is 0 Å². The van der Waals surface area contributed by atoms with Gasteiger partial charge in [0, 0.05) is 10.9 Å². The first-order chi connectivity index (χ1) is 9.60. The van der Waals surface area contributed by atoms with Crippen LogP contribution in [0.25, 0.3) is 0 Å². The molecular formula is C15H20F3NOS. The molecule has 6 heteroatoms. The SMILES string of the molecule is CC1(C)CCC(N)C(S(=O)c2cccc(C(F)(F)F)c2)C1. The van der Waals surface area contributed by atoms with Crippen molar-refractivity contribution in [2.45, 2.75) is 55.5 Å². The molecule has 1 saturated carbocycles. The van der Waals surface area contributed by atoms with Crippen LogP contribution in [-0.2, 0) is 17.0 Å². The van der Waals surface area contributed by atoms with Crippen molar-refractivity contribution in [3.8, 4) is 0 Å². The third kappa shape index (κ3) is 3.86. The maximum Gasteiger partial charge on any atom is 0.416 e. The molecule has 0 aromatic heterocycles. The second kappa shape index (κ2) is 5.72. The molecule has 3 atom stereocenters. The summed E-state index contributed by atoms with van der Waals surface area (Å²) in [5.74, 6) is 0. The minimum Gasteiger partial charge on any atom is -0.327 e. The van der Waals surface area contributed by atoms with Gasteiger partial charge in [-0.3, -0.25) is 4.21 Å². The standard InChI is InChI=1S/C15H20F3NOS/c1-14(2)7-6-12(19)13(9-14)21(20)11-5-3-4-10(8-11)15(16,17)18/h3-5,8,12-13H,6-7,9,19H2,1-2H3. The number of halogens is 3. The maximum atomic E-state index is 12.7. The van der Waals surface area contributed by atoms with E-state index in [2.05, 4.69) is 13.8 Å². The Kier molecular flexibility index (Phi) is 4.49. The van der Waals surface area contributed by atoms with E-state index in [1.54, 1.807) is 0 Å². The lowest BCUT2D eigenvalue weighted by molar-refractivity contribution is -0.137. The monoisotopic (exact) mass is 319 g/mol. The Hall–Kier alpha value is -0.880. The van der Waals surface area contributed by atoms with Gasteiger partial charge in [0.05, 0.1) is 21.6 Å². The Balaban J connectivity index is 2.27. The van der Waals surface area contributed by atoms with Crippen LogP contribution in [0.3, 0.4) is 0 Å². The van der Waals surface area contributed by atoms with Gasteiger partial charge in [-0.05, 0) is 42.9 Å². The fraction of sp³-hybridized carbons (Fsp3) is 0.600. The molecule has 0 aliphatic heterocycles. The highest BCUT2D eigenvalue weighted by Gasteiger charge is 2.37. The quantitative estimate of drug-likeness (QED) is 0.903. The average molecular weight is 319 g/mol. The van der Waals surface area contributed by atoms with Crippen molar-refractivity contribution in [2.75, 3.05) is 0 Å². The van der Waals surface area contributed by atoms with E-state index in [-0.39, 0.29) is 21.6 Å². The first kappa shape index (κ1) is 16.5. The van der Waals surface area contributed by atoms with E-state index >= 15 is 0 Å².